The van der Waals surface area contributed by atoms with E-state index in [1.165, 1.54) is 12.5 Å². The third-order valence-electron chi connectivity index (χ3n) is 2.35. The van der Waals surface area contributed by atoms with E-state index >= 15 is 0 Å². The molecule has 0 saturated heterocycles. The van der Waals surface area contributed by atoms with Gasteiger partial charge < -0.3 is 10.2 Å². The number of hydrogen-bond donors (Lipinski definition) is 2. The van der Waals surface area contributed by atoms with Gasteiger partial charge in [0.15, 0.2) is 11.6 Å². The molecule has 0 unspecified atom stereocenters. The predicted molar refractivity (Wildman–Crippen MR) is 63.5 cm³/mol. The molecule has 0 aliphatic carbocycles. The summed E-state index contributed by atoms with van der Waals surface area (Å²) < 4.78 is 57.2. The largest absolute Gasteiger partial charge is 0.472 e. The van der Waals surface area contributed by atoms with Crippen molar-refractivity contribution in [3.8, 4) is 0 Å². The maximum absolute atomic E-state index is 13.5. The Balaban J connectivity index is 2.29. The number of nitrogen functional groups attached to an aromatic ring is 1. The molecule has 0 spiro atoms. The van der Waals surface area contributed by atoms with Crippen LogP contribution in [0.2, 0.25) is 0 Å². The summed E-state index contributed by atoms with van der Waals surface area (Å²) in [6.45, 7) is -0.102. The Kier molecular flexibility index (Phi) is 3.54. The predicted octanol–water partition coefficient (Wildman–Crippen LogP) is 1.62. The first-order chi connectivity index (χ1) is 8.90. The van der Waals surface area contributed by atoms with E-state index in [-0.39, 0.29) is 12.2 Å². The maximum Gasteiger partial charge on any atom is 0.243 e. The fraction of sp³-hybridized carbons (Fsp3) is 0.0909. The second kappa shape index (κ2) is 4.98. The first-order valence-corrected chi connectivity index (χ1v) is 6.64. The van der Waals surface area contributed by atoms with Crippen molar-refractivity contribution in [2.75, 3.05) is 5.73 Å². The summed E-state index contributed by atoms with van der Waals surface area (Å²) in [5.74, 6) is -2.78. The molecule has 102 valence electrons. The molecule has 0 atom stereocenters. The van der Waals surface area contributed by atoms with Crippen LogP contribution in [0, 0.1) is 11.6 Å². The molecule has 19 heavy (non-hydrogen) atoms. The van der Waals surface area contributed by atoms with Crippen molar-refractivity contribution < 1.29 is 21.6 Å². The third kappa shape index (κ3) is 2.91. The molecule has 8 heteroatoms. The van der Waals surface area contributed by atoms with Gasteiger partial charge in [0.2, 0.25) is 10.0 Å². The Morgan fingerprint density at radius 3 is 2.68 bits per heavy atom. The van der Waals surface area contributed by atoms with Gasteiger partial charge in [0.05, 0.1) is 12.5 Å². The molecule has 5 nitrogen and oxygen atoms in total. The molecule has 2 rings (SSSR count). The summed E-state index contributed by atoms with van der Waals surface area (Å²) >= 11 is 0. The number of hydrogen-bond acceptors (Lipinski definition) is 4. The second-order valence-corrected chi connectivity index (χ2v) is 5.51. The van der Waals surface area contributed by atoms with E-state index in [0.29, 0.717) is 11.6 Å². The fourth-order valence-corrected chi connectivity index (χ4v) is 2.57. The van der Waals surface area contributed by atoms with Gasteiger partial charge in [-0.15, -0.1) is 0 Å². The van der Waals surface area contributed by atoms with E-state index in [9.17, 15) is 17.2 Å². The van der Waals surface area contributed by atoms with E-state index in [2.05, 4.69) is 4.72 Å². The number of rotatable bonds is 4. The van der Waals surface area contributed by atoms with E-state index in [1.807, 2.05) is 0 Å². The van der Waals surface area contributed by atoms with Gasteiger partial charge >= 0.3 is 0 Å². The van der Waals surface area contributed by atoms with Gasteiger partial charge in [-0.3, -0.25) is 0 Å². The lowest BCUT2D eigenvalue weighted by atomic mass is 10.3. The first kappa shape index (κ1) is 13.5. The van der Waals surface area contributed by atoms with Crippen molar-refractivity contribution in [1.82, 2.24) is 4.72 Å². The van der Waals surface area contributed by atoms with Crippen LogP contribution in [-0.4, -0.2) is 8.42 Å². The zero-order chi connectivity index (χ0) is 14.0. The average Bonchev–Trinajstić information content (AvgIpc) is 2.84. The lowest BCUT2D eigenvalue weighted by molar-refractivity contribution is 0.483. The molecule has 0 aliphatic heterocycles. The summed E-state index contributed by atoms with van der Waals surface area (Å²) in [5.41, 5.74) is 5.67. The Labute approximate surface area is 108 Å². The summed E-state index contributed by atoms with van der Waals surface area (Å²) in [4.78, 5) is -0.825. The molecular weight excluding hydrogens is 278 g/mol. The molecule has 0 aliphatic rings. The van der Waals surface area contributed by atoms with Crippen LogP contribution in [0.1, 0.15) is 5.56 Å². The number of sulfonamides is 1. The summed E-state index contributed by atoms with van der Waals surface area (Å²) in [7, 11) is -4.20. The summed E-state index contributed by atoms with van der Waals surface area (Å²) in [6, 6.07) is 3.11. The minimum atomic E-state index is -4.20. The first-order valence-electron chi connectivity index (χ1n) is 5.15. The highest BCUT2D eigenvalue weighted by molar-refractivity contribution is 7.89. The van der Waals surface area contributed by atoms with E-state index in [4.69, 9.17) is 10.2 Å². The topological polar surface area (TPSA) is 85.3 Å². The van der Waals surface area contributed by atoms with Crippen molar-refractivity contribution >= 4 is 15.7 Å². The maximum atomic E-state index is 13.5. The standard InChI is InChI=1S/C11H10F2N2O3S/c12-9-3-8(14)4-10(11(9)13)19(16,17)15-5-7-1-2-18-6-7/h1-4,6,15H,5,14H2. The van der Waals surface area contributed by atoms with Crippen LogP contribution in [-0.2, 0) is 16.6 Å². The van der Waals surface area contributed by atoms with Crippen molar-refractivity contribution in [2.24, 2.45) is 0 Å². The summed E-state index contributed by atoms with van der Waals surface area (Å²) in [6.07, 6.45) is 2.70. The van der Waals surface area contributed by atoms with Crippen LogP contribution in [0.4, 0.5) is 14.5 Å². The molecule has 1 aromatic heterocycles. The molecule has 2 aromatic rings. The molecule has 1 heterocycles. The highest BCUT2D eigenvalue weighted by atomic mass is 32.2. The van der Waals surface area contributed by atoms with Crippen molar-refractivity contribution in [2.45, 2.75) is 11.4 Å². The fourth-order valence-electron chi connectivity index (χ4n) is 1.43. The Morgan fingerprint density at radius 1 is 1.32 bits per heavy atom. The zero-order valence-electron chi connectivity index (χ0n) is 9.56. The molecule has 0 amide bonds. The van der Waals surface area contributed by atoms with Gasteiger partial charge in [0.25, 0.3) is 0 Å². The van der Waals surface area contributed by atoms with Gasteiger partial charge in [0.1, 0.15) is 4.90 Å². The number of halogens is 2. The Hall–Kier alpha value is -1.93. The van der Waals surface area contributed by atoms with Crippen molar-refractivity contribution in [3.05, 3.63) is 47.9 Å². The van der Waals surface area contributed by atoms with Crippen molar-refractivity contribution in [3.63, 3.8) is 0 Å². The Bertz CT molecular complexity index is 684. The molecule has 0 fully saturated rings. The number of nitrogens with two attached hydrogens (primary N) is 1. The molecule has 3 N–H and O–H groups in total. The van der Waals surface area contributed by atoms with Crippen molar-refractivity contribution in [1.29, 1.82) is 0 Å². The number of furan rings is 1. The second-order valence-electron chi connectivity index (χ2n) is 3.77. The quantitative estimate of drug-likeness (QED) is 0.837. The normalized spacial score (nSPS) is 11.7. The monoisotopic (exact) mass is 288 g/mol. The highest BCUT2D eigenvalue weighted by Gasteiger charge is 2.22. The lowest BCUT2D eigenvalue weighted by Crippen LogP contribution is -2.24. The Morgan fingerprint density at radius 2 is 2.05 bits per heavy atom. The van der Waals surface area contributed by atoms with Crippen LogP contribution in [0.5, 0.6) is 0 Å². The summed E-state index contributed by atoms with van der Waals surface area (Å²) in [5, 5.41) is 0. The van der Waals surface area contributed by atoms with E-state index in [1.54, 1.807) is 6.07 Å². The number of benzene rings is 1. The van der Waals surface area contributed by atoms with Crippen LogP contribution >= 0.6 is 0 Å². The molecule has 0 bridgehead atoms. The minimum Gasteiger partial charge on any atom is -0.472 e. The molecule has 1 aromatic carbocycles. The molecule has 0 radical (unpaired) electrons. The minimum absolute atomic E-state index is 0.102. The number of nitrogens with one attached hydrogen (secondary N) is 1. The van der Waals surface area contributed by atoms with E-state index in [0.717, 1.165) is 6.07 Å². The van der Waals surface area contributed by atoms with Gasteiger partial charge in [-0.25, -0.2) is 21.9 Å². The van der Waals surface area contributed by atoms with Crippen LogP contribution in [0.25, 0.3) is 0 Å². The van der Waals surface area contributed by atoms with Gasteiger partial charge in [0, 0.05) is 17.8 Å². The van der Waals surface area contributed by atoms with Crippen LogP contribution in [0.15, 0.2) is 40.0 Å². The van der Waals surface area contributed by atoms with Crippen LogP contribution < -0.4 is 10.5 Å². The molecule has 0 saturated carbocycles. The number of anilines is 1. The lowest BCUT2D eigenvalue weighted by Gasteiger charge is -2.08. The third-order valence-corrected chi connectivity index (χ3v) is 3.75. The van der Waals surface area contributed by atoms with Crippen LogP contribution in [0.3, 0.4) is 0 Å². The van der Waals surface area contributed by atoms with Gasteiger partial charge in [-0.2, -0.15) is 0 Å². The van der Waals surface area contributed by atoms with Gasteiger partial charge in [-0.05, 0) is 18.2 Å². The smallest absolute Gasteiger partial charge is 0.243 e. The zero-order valence-corrected chi connectivity index (χ0v) is 10.4. The van der Waals surface area contributed by atoms with E-state index < -0.39 is 26.6 Å². The SMILES string of the molecule is Nc1cc(F)c(F)c(S(=O)(=O)NCc2ccoc2)c1. The average molecular weight is 288 g/mol. The molecular formula is C11H10F2N2O3S. The highest BCUT2D eigenvalue weighted by Crippen LogP contribution is 2.21. The van der Waals surface area contributed by atoms with Gasteiger partial charge in [-0.1, -0.05) is 0 Å².